The van der Waals surface area contributed by atoms with Gasteiger partial charge in [-0.2, -0.15) is 18.4 Å². The zero-order valence-electron chi connectivity index (χ0n) is 27.3. The second-order valence-corrected chi connectivity index (χ2v) is 12.4. The van der Waals surface area contributed by atoms with Gasteiger partial charge in [-0.3, -0.25) is 4.90 Å². The molecule has 0 radical (unpaired) electrons. The van der Waals surface area contributed by atoms with Crippen LogP contribution in [0.5, 0.6) is 5.75 Å². The Bertz CT molecular complexity index is 1270. The molecule has 2 aromatic carbocycles. The van der Waals surface area contributed by atoms with E-state index < -0.39 is 11.7 Å². The minimum absolute atomic E-state index is 0.0436. The van der Waals surface area contributed by atoms with E-state index in [2.05, 4.69) is 46.0 Å². The fourth-order valence-corrected chi connectivity index (χ4v) is 6.10. The fourth-order valence-electron chi connectivity index (χ4n) is 6.10. The Labute approximate surface area is 267 Å². The number of nitrogens with one attached hydrogen (secondary N) is 1. The SMILES string of the molecule is CCCCCN(CCC)CCN1CCN(c2ccc(OC[C@@H](C)C(Nc3ccc(C#N)c(C(F)(F)F)c3)=C3CCC3)cc2)CC1. The third kappa shape index (κ3) is 10.1. The Hall–Kier alpha value is -3.22. The largest absolute Gasteiger partial charge is 0.493 e. The van der Waals surface area contributed by atoms with Gasteiger partial charge in [-0.15, -0.1) is 0 Å². The molecular formula is C36H50F3N5O. The molecule has 2 fully saturated rings. The van der Waals surface area contributed by atoms with E-state index in [4.69, 9.17) is 10.00 Å². The van der Waals surface area contributed by atoms with Gasteiger partial charge in [0.2, 0.25) is 0 Å². The van der Waals surface area contributed by atoms with Gasteiger partial charge in [0.15, 0.2) is 0 Å². The molecule has 6 nitrogen and oxygen atoms in total. The number of nitrogens with zero attached hydrogens (tertiary/aromatic N) is 4. The smallest absolute Gasteiger partial charge is 0.417 e. The maximum Gasteiger partial charge on any atom is 0.417 e. The number of ether oxygens (including phenoxy) is 1. The monoisotopic (exact) mass is 625 g/mol. The van der Waals surface area contributed by atoms with Crippen LogP contribution in [0.1, 0.15) is 76.8 Å². The van der Waals surface area contributed by atoms with Crippen molar-refractivity contribution in [1.82, 2.24) is 9.80 Å². The van der Waals surface area contributed by atoms with Crippen LogP contribution in [0.2, 0.25) is 0 Å². The summed E-state index contributed by atoms with van der Waals surface area (Å²) >= 11 is 0. The zero-order valence-corrected chi connectivity index (χ0v) is 27.3. The number of rotatable bonds is 16. The molecule has 1 heterocycles. The van der Waals surface area contributed by atoms with Gasteiger partial charge in [0, 0.05) is 62.3 Å². The number of halogens is 3. The van der Waals surface area contributed by atoms with E-state index in [0.29, 0.717) is 12.3 Å². The Morgan fingerprint density at radius 1 is 0.978 bits per heavy atom. The number of anilines is 2. The summed E-state index contributed by atoms with van der Waals surface area (Å²) in [5, 5.41) is 12.4. The number of unbranched alkanes of at least 4 members (excludes halogenated alkanes) is 2. The van der Waals surface area contributed by atoms with E-state index in [9.17, 15) is 13.2 Å². The molecule has 1 aliphatic carbocycles. The first-order valence-corrected chi connectivity index (χ1v) is 16.7. The van der Waals surface area contributed by atoms with Crippen LogP contribution >= 0.6 is 0 Å². The highest BCUT2D eigenvalue weighted by Gasteiger charge is 2.34. The van der Waals surface area contributed by atoms with Crippen molar-refractivity contribution in [2.75, 3.05) is 69.2 Å². The zero-order chi connectivity index (χ0) is 32.2. The highest BCUT2D eigenvalue weighted by Crippen LogP contribution is 2.36. The van der Waals surface area contributed by atoms with Crippen LogP contribution < -0.4 is 15.0 Å². The van der Waals surface area contributed by atoms with Gasteiger partial charge >= 0.3 is 6.18 Å². The highest BCUT2D eigenvalue weighted by atomic mass is 19.4. The summed E-state index contributed by atoms with van der Waals surface area (Å²) in [6.07, 6.45) is 3.41. The van der Waals surface area contributed by atoms with Crippen molar-refractivity contribution < 1.29 is 17.9 Å². The number of piperazine rings is 1. The van der Waals surface area contributed by atoms with Crippen molar-refractivity contribution in [3.63, 3.8) is 0 Å². The molecule has 45 heavy (non-hydrogen) atoms. The van der Waals surface area contributed by atoms with Crippen LogP contribution in [0.15, 0.2) is 53.7 Å². The molecule has 1 N–H and O–H groups in total. The number of allylic oxidation sites excluding steroid dienone is 1. The lowest BCUT2D eigenvalue weighted by atomic mass is 9.87. The molecule has 1 saturated carbocycles. The first-order valence-electron chi connectivity index (χ1n) is 16.7. The molecule has 2 aromatic rings. The van der Waals surface area contributed by atoms with Gasteiger partial charge < -0.3 is 19.9 Å². The van der Waals surface area contributed by atoms with E-state index in [1.54, 1.807) is 6.07 Å². The summed E-state index contributed by atoms with van der Waals surface area (Å²) < 4.78 is 46.7. The highest BCUT2D eigenvalue weighted by molar-refractivity contribution is 5.57. The van der Waals surface area contributed by atoms with Gasteiger partial charge in [-0.25, -0.2) is 0 Å². The topological polar surface area (TPSA) is 54.8 Å². The minimum atomic E-state index is -4.59. The standard InChI is InChI=1S/C36H50F3N5O/c1-4-6-7-18-42(17-5-2)19-20-43-21-23-44(24-22-43)32-13-15-33(16-14-32)45-27-28(3)35(29-9-8-10-29)41-31-12-11-30(26-40)34(25-31)36(37,38)39/h11-16,25,28,41H,4-10,17-24,27H2,1-3H3/t28-/m1/s1. The van der Waals surface area contributed by atoms with Gasteiger partial charge in [0.05, 0.1) is 23.8 Å². The summed E-state index contributed by atoms with van der Waals surface area (Å²) in [6.45, 7) is 15.8. The molecular weight excluding hydrogens is 575 g/mol. The summed E-state index contributed by atoms with van der Waals surface area (Å²) in [5.74, 6) is 0.733. The summed E-state index contributed by atoms with van der Waals surface area (Å²) in [7, 11) is 0. The van der Waals surface area contributed by atoms with Crippen LogP contribution in [0.4, 0.5) is 24.5 Å². The predicted molar refractivity (Wildman–Crippen MR) is 177 cm³/mol. The van der Waals surface area contributed by atoms with Crippen molar-refractivity contribution in [3.05, 3.63) is 64.9 Å². The van der Waals surface area contributed by atoms with Crippen LogP contribution in [0.25, 0.3) is 0 Å². The average Bonchev–Trinajstić information content (AvgIpc) is 3.01. The van der Waals surface area contributed by atoms with Gasteiger partial charge in [-0.1, -0.05) is 39.2 Å². The third-order valence-electron chi connectivity index (χ3n) is 8.98. The molecule has 1 saturated heterocycles. The number of benzene rings is 2. The molecule has 2 aliphatic rings. The lowest BCUT2D eigenvalue weighted by molar-refractivity contribution is -0.137. The molecule has 1 aliphatic heterocycles. The van der Waals surface area contributed by atoms with Crippen molar-refractivity contribution in [3.8, 4) is 11.8 Å². The Morgan fingerprint density at radius 2 is 1.71 bits per heavy atom. The van der Waals surface area contributed by atoms with E-state index in [1.165, 1.54) is 62.2 Å². The second-order valence-electron chi connectivity index (χ2n) is 12.4. The summed E-state index contributed by atoms with van der Waals surface area (Å²) in [4.78, 5) is 7.64. The fraction of sp³-hybridized carbons (Fsp3) is 0.583. The summed E-state index contributed by atoms with van der Waals surface area (Å²) in [6, 6.07) is 13.7. The van der Waals surface area contributed by atoms with Gasteiger partial charge in [0.25, 0.3) is 0 Å². The van der Waals surface area contributed by atoms with Crippen LogP contribution in [0, 0.1) is 17.2 Å². The van der Waals surface area contributed by atoms with E-state index in [0.717, 1.165) is 76.0 Å². The molecule has 0 bridgehead atoms. The normalized spacial score (nSPS) is 16.3. The quantitative estimate of drug-likeness (QED) is 0.190. The third-order valence-corrected chi connectivity index (χ3v) is 8.98. The van der Waals surface area contributed by atoms with Crippen LogP contribution in [0.3, 0.4) is 0 Å². The first kappa shape index (κ1) is 34.6. The van der Waals surface area contributed by atoms with Gasteiger partial charge in [0.1, 0.15) is 5.75 Å². The number of alkyl halides is 3. The molecule has 246 valence electrons. The van der Waals surface area contributed by atoms with Crippen molar-refractivity contribution in [2.45, 2.75) is 71.9 Å². The van der Waals surface area contributed by atoms with E-state index in [1.807, 2.05) is 19.1 Å². The maximum atomic E-state index is 13.5. The molecule has 1 atom stereocenters. The number of nitriles is 1. The lowest BCUT2D eigenvalue weighted by Gasteiger charge is -2.37. The van der Waals surface area contributed by atoms with Crippen molar-refractivity contribution in [1.29, 1.82) is 5.26 Å². The predicted octanol–water partition coefficient (Wildman–Crippen LogP) is 8.17. The Balaban J connectivity index is 1.27. The number of hydrogen-bond donors (Lipinski definition) is 1. The molecule has 0 amide bonds. The maximum absolute atomic E-state index is 13.5. The second kappa shape index (κ2) is 16.9. The van der Waals surface area contributed by atoms with E-state index in [-0.39, 0.29) is 11.5 Å². The molecule has 4 rings (SSSR count). The first-order chi connectivity index (χ1) is 21.7. The van der Waals surface area contributed by atoms with Crippen molar-refractivity contribution in [2.24, 2.45) is 5.92 Å². The van der Waals surface area contributed by atoms with E-state index >= 15 is 0 Å². The molecule has 0 aromatic heterocycles. The molecule has 0 spiro atoms. The average molecular weight is 626 g/mol. The summed E-state index contributed by atoms with van der Waals surface area (Å²) in [5.41, 5.74) is 2.36. The molecule has 0 unspecified atom stereocenters. The minimum Gasteiger partial charge on any atom is -0.493 e. The number of hydrogen-bond acceptors (Lipinski definition) is 6. The Kier molecular flexibility index (Phi) is 13.0. The van der Waals surface area contributed by atoms with Crippen molar-refractivity contribution >= 4 is 11.4 Å². The van der Waals surface area contributed by atoms with Gasteiger partial charge in [-0.05, 0) is 87.7 Å². The van der Waals surface area contributed by atoms with Crippen LogP contribution in [-0.2, 0) is 6.18 Å². The Morgan fingerprint density at radius 3 is 2.31 bits per heavy atom. The molecule has 9 heteroatoms. The lowest BCUT2D eigenvalue weighted by Crippen LogP contribution is -2.48. The van der Waals surface area contributed by atoms with Crippen LogP contribution in [-0.4, -0.2) is 68.8 Å².